The summed E-state index contributed by atoms with van der Waals surface area (Å²) >= 11 is 12.2. The zero-order valence-corrected chi connectivity index (χ0v) is 19.7. The van der Waals surface area contributed by atoms with Crippen LogP contribution in [0.3, 0.4) is 0 Å². The van der Waals surface area contributed by atoms with Gasteiger partial charge in [-0.2, -0.15) is 10.3 Å². The van der Waals surface area contributed by atoms with Crippen LogP contribution in [0.25, 0.3) is 16.7 Å². The number of hydrogen-bond acceptors (Lipinski definition) is 5. The maximum Gasteiger partial charge on any atom is 0.280 e. The van der Waals surface area contributed by atoms with Crippen molar-refractivity contribution in [1.29, 1.82) is 5.26 Å². The van der Waals surface area contributed by atoms with E-state index in [9.17, 15) is 14.9 Å². The largest absolute Gasteiger partial charge is 0.467 e. The molecule has 4 aromatic heterocycles. The predicted octanol–water partition coefficient (Wildman–Crippen LogP) is 4.52. The van der Waals surface area contributed by atoms with Gasteiger partial charge in [0, 0.05) is 11.2 Å². The minimum absolute atomic E-state index is 0.0222. The molecule has 0 spiro atoms. The Kier molecular flexibility index (Phi) is 5.73. The van der Waals surface area contributed by atoms with Crippen molar-refractivity contribution < 1.29 is 9.21 Å². The van der Waals surface area contributed by atoms with Gasteiger partial charge in [-0.15, -0.1) is 0 Å². The van der Waals surface area contributed by atoms with Crippen molar-refractivity contribution in [3.8, 4) is 6.07 Å². The number of amides is 1. The number of rotatable bonds is 3. The molecule has 0 bridgehead atoms. The quantitative estimate of drug-likeness (QED) is 0.336. The minimum atomic E-state index is -0.676. The average molecular weight is 504 g/mol. The lowest BCUT2D eigenvalue weighted by molar-refractivity contribution is 0.0997. The fourth-order valence-electron chi connectivity index (χ4n) is 3.82. The SMILES string of the molecule is Cc1cccn2c(=O)c3cc(C#N)c(=NC(=O)c4ccc(Cl)cc4Cl)n(Cc4ccco4)c3nc12. The van der Waals surface area contributed by atoms with E-state index in [1.54, 1.807) is 24.4 Å². The summed E-state index contributed by atoms with van der Waals surface area (Å²) in [6.45, 7) is 1.92. The van der Waals surface area contributed by atoms with E-state index in [0.29, 0.717) is 16.4 Å². The zero-order chi connectivity index (χ0) is 24.7. The molecule has 0 aliphatic heterocycles. The summed E-state index contributed by atoms with van der Waals surface area (Å²) < 4.78 is 8.45. The third kappa shape index (κ3) is 4.01. The number of nitrogens with zero attached hydrogens (tertiary/aromatic N) is 5. The number of fused-ring (bicyclic) bond motifs is 2. The molecule has 35 heavy (non-hydrogen) atoms. The molecule has 0 unspecified atom stereocenters. The standard InChI is InChI=1S/C25H15Cl2N5O3/c1-14-4-2-8-31-21(14)29-23-19(25(31)34)10-15(12-28)22(32(23)13-17-5-3-9-35-17)30-24(33)18-7-6-16(26)11-20(18)27/h2-11H,13H2,1H3. The van der Waals surface area contributed by atoms with Crippen LogP contribution in [0.2, 0.25) is 10.0 Å². The smallest absolute Gasteiger partial charge is 0.280 e. The van der Waals surface area contributed by atoms with Crippen LogP contribution in [-0.4, -0.2) is 19.9 Å². The number of furan rings is 1. The second-order valence-corrected chi connectivity index (χ2v) is 8.58. The van der Waals surface area contributed by atoms with Gasteiger partial charge in [0.1, 0.15) is 23.1 Å². The first kappa shape index (κ1) is 22.6. The fraction of sp³-hybridized carbons (Fsp3) is 0.0800. The van der Waals surface area contributed by atoms with Gasteiger partial charge in [0.15, 0.2) is 5.49 Å². The highest BCUT2D eigenvalue weighted by molar-refractivity contribution is 6.36. The van der Waals surface area contributed by atoms with Crippen LogP contribution in [0.4, 0.5) is 0 Å². The van der Waals surface area contributed by atoms with E-state index < -0.39 is 5.91 Å². The summed E-state index contributed by atoms with van der Waals surface area (Å²) in [5.74, 6) is -0.156. The molecule has 8 nitrogen and oxygen atoms in total. The molecule has 0 N–H and O–H groups in total. The Bertz CT molecular complexity index is 1810. The molecule has 0 fully saturated rings. The number of aromatic nitrogens is 3. The fourth-order valence-corrected chi connectivity index (χ4v) is 4.31. The van der Waals surface area contributed by atoms with Gasteiger partial charge in [0.05, 0.1) is 34.3 Å². The van der Waals surface area contributed by atoms with Crippen LogP contribution in [0.1, 0.15) is 27.2 Å². The highest BCUT2D eigenvalue weighted by atomic mass is 35.5. The van der Waals surface area contributed by atoms with Gasteiger partial charge in [0.25, 0.3) is 11.5 Å². The number of pyridine rings is 2. The molecule has 5 rings (SSSR count). The second kappa shape index (κ2) is 8.87. The molecule has 0 radical (unpaired) electrons. The number of benzene rings is 1. The third-order valence-corrected chi connectivity index (χ3v) is 6.04. The molecular formula is C25H15Cl2N5O3. The van der Waals surface area contributed by atoms with Crippen molar-refractivity contribution in [3.63, 3.8) is 0 Å². The Balaban J connectivity index is 1.89. The Labute approximate surface area is 207 Å². The molecule has 0 aliphatic carbocycles. The number of nitriles is 1. The normalized spacial score (nSPS) is 11.8. The van der Waals surface area contributed by atoms with Crippen LogP contribution in [0.15, 0.2) is 75.2 Å². The minimum Gasteiger partial charge on any atom is -0.467 e. The van der Waals surface area contributed by atoms with Crippen molar-refractivity contribution in [1.82, 2.24) is 14.0 Å². The van der Waals surface area contributed by atoms with E-state index in [2.05, 4.69) is 4.99 Å². The highest BCUT2D eigenvalue weighted by Gasteiger charge is 2.18. The van der Waals surface area contributed by atoms with E-state index in [4.69, 9.17) is 32.6 Å². The first-order chi connectivity index (χ1) is 16.9. The molecule has 5 aromatic rings. The lowest BCUT2D eigenvalue weighted by Gasteiger charge is -2.13. The molecule has 0 saturated heterocycles. The molecule has 10 heteroatoms. The summed E-state index contributed by atoms with van der Waals surface area (Å²) in [4.78, 5) is 35.4. The Morgan fingerprint density at radius 2 is 2.00 bits per heavy atom. The van der Waals surface area contributed by atoms with Crippen LogP contribution < -0.4 is 11.0 Å². The highest BCUT2D eigenvalue weighted by Crippen LogP contribution is 2.22. The van der Waals surface area contributed by atoms with Crippen molar-refractivity contribution >= 4 is 45.8 Å². The van der Waals surface area contributed by atoms with E-state index in [0.717, 1.165) is 5.56 Å². The Hall–Kier alpha value is -4.19. The van der Waals surface area contributed by atoms with E-state index >= 15 is 0 Å². The van der Waals surface area contributed by atoms with Gasteiger partial charge >= 0.3 is 0 Å². The lowest BCUT2D eigenvalue weighted by Crippen LogP contribution is -2.30. The van der Waals surface area contributed by atoms with Crippen molar-refractivity contribution in [3.05, 3.63) is 109 Å². The Morgan fingerprint density at radius 3 is 2.71 bits per heavy atom. The van der Waals surface area contributed by atoms with Gasteiger partial charge in [0.2, 0.25) is 0 Å². The van der Waals surface area contributed by atoms with Gasteiger partial charge in [-0.05, 0) is 55.0 Å². The molecule has 0 aliphatic rings. The predicted molar refractivity (Wildman–Crippen MR) is 131 cm³/mol. The molecule has 1 amide bonds. The summed E-state index contributed by atoms with van der Waals surface area (Å²) in [6.07, 6.45) is 3.12. The molecular weight excluding hydrogens is 489 g/mol. The number of aryl methyl sites for hydroxylation is 1. The third-order valence-electron chi connectivity index (χ3n) is 5.49. The topological polar surface area (TPSA) is 106 Å². The van der Waals surface area contributed by atoms with Gasteiger partial charge in [-0.1, -0.05) is 29.3 Å². The maximum absolute atomic E-state index is 13.3. The Morgan fingerprint density at radius 1 is 1.17 bits per heavy atom. The van der Waals surface area contributed by atoms with Crippen LogP contribution in [0, 0.1) is 18.3 Å². The van der Waals surface area contributed by atoms with Crippen molar-refractivity contribution in [2.75, 3.05) is 0 Å². The maximum atomic E-state index is 13.3. The number of hydrogen-bond donors (Lipinski definition) is 0. The monoisotopic (exact) mass is 503 g/mol. The molecule has 172 valence electrons. The number of halogens is 2. The number of carbonyl (C=O) groups is 1. The zero-order valence-electron chi connectivity index (χ0n) is 18.2. The van der Waals surface area contributed by atoms with Gasteiger partial charge in [-0.3, -0.25) is 14.0 Å². The average Bonchev–Trinajstić information content (AvgIpc) is 3.34. The van der Waals surface area contributed by atoms with E-state index in [-0.39, 0.29) is 44.8 Å². The molecule has 4 heterocycles. The first-order valence-electron chi connectivity index (χ1n) is 10.4. The van der Waals surface area contributed by atoms with Crippen LogP contribution >= 0.6 is 23.2 Å². The van der Waals surface area contributed by atoms with Crippen LogP contribution in [-0.2, 0) is 6.54 Å². The van der Waals surface area contributed by atoms with E-state index in [1.807, 2.05) is 19.1 Å². The molecule has 0 atom stereocenters. The molecule has 1 aromatic carbocycles. The second-order valence-electron chi connectivity index (χ2n) is 7.74. The lowest BCUT2D eigenvalue weighted by atomic mass is 10.2. The van der Waals surface area contributed by atoms with Gasteiger partial charge < -0.3 is 8.98 Å². The van der Waals surface area contributed by atoms with Crippen molar-refractivity contribution in [2.24, 2.45) is 4.99 Å². The van der Waals surface area contributed by atoms with E-state index in [1.165, 1.54) is 39.5 Å². The number of carbonyl (C=O) groups excluding carboxylic acids is 1. The summed E-state index contributed by atoms with van der Waals surface area (Å²) in [7, 11) is 0. The van der Waals surface area contributed by atoms with Crippen LogP contribution in [0.5, 0.6) is 0 Å². The summed E-state index contributed by atoms with van der Waals surface area (Å²) in [6, 6.07) is 14.9. The molecule has 0 saturated carbocycles. The van der Waals surface area contributed by atoms with Gasteiger partial charge in [-0.25, -0.2) is 4.98 Å². The van der Waals surface area contributed by atoms with Crippen molar-refractivity contribution in [2.45, 2.75) is 13.5 Å². The first-order valence-corrected chi connectivity index (χ1v) is 11.1. The summed E-state index contributed by atoms with van der Waals surface area (Å²) in [5, 5.41) is 10.6. The summed E-state index contributed by atoms with van der Waals surface area (Å²) in [5.41, 5.74) is 1.30.